The Balaban J connectivity index is 2.61. The molecule has 1 aromatic rings. The Morgan fingerprint density at radius 1 is 1.33 bits per heavy atom. The molecule has 0 aromatic heterocycles. The fraction of sp³-hybridized carbons (Fsp3) is 0.500. The summed E-state index contributed by atoms with van der Waals surface area (Å²) in [5.74, 6) is 0.363. The van der Waals surface area contributed by atoms with Gasteiger partial charge in [0, 0.05) is 0 Å². The zero-order valence-corrected chi connectivity index (χ0v) is 11.3. The van der Waals surface area contributed by atoms with Crippen LogP contribution in [0.15, 0.2) is 24.3 Å². The fourth-order valence-electron chi connectivity index (χ4n) is 1.45. The molecule has 0 fully saturated rings. The van der Waals surface area contributed by atoms with E-state index in [1.54, 1.807) is 0 Å². The van der Waals surface area contributed by atoms with Crippen LogP contribution in [0.4, 0.5) is 0 Å². The molecular weight excluding hydrogens is 232 g/mol. The van der Waals surface area contributed by atoms with Gasteiger partial charge in [-0.25, -0.2) is 4.79 Å². The molecule has 1 aromatic carbocycles. The van der Waals surface area contributed by atoms with Crippen LogP contribution >= 0.6 is 0 Å². The van der Waals surface area contributed by atoms with Gasteiger partial charge in [0.05, 0.1) is 7.11 Å². The smallest absolute Gasteiger partial charge is 0.341 e. The van der Waals surface area contributed by atoms with Crippen molar-refractivity contribution in [1.29, 1.82) is 0 Å². The number of carbonyl (C=O) groups is 1. The first-order valence-electron chi connectivity index (χ1n) is 5.90. The second-order valence-electron chi connectivity index (χ2n) is 4.78. The second-order valence-corrected chi connectivity index (χ2v) is 4.78. The van der Waals surface area contributed by atoms with Gasteiger partial charge in [-0.15, -0.1) is 0 Å². The average molecular weight is 252 g/mol. The number of carbonyl (C=O) groups excluding carboxylic acids is 1. The predicted octanol–water partition coefficient (Wildman–Crippen LogP) is 2.11. The van der Waals surface area contributed by atoms with Gasteiger partial charge in [0.25, 0.3) is 0 Å². The van der Waals surface area contributed by atoms with Crippen molar-refractivity contribution in [2.45, 2.75) is 32.3 Å². The monoisotopic (exact) mass is 252 g/mol. The van der Waals surface area contributed by atoms with Gasteiger partial charge < -0.3 is 14.6 Å². The van der Waals surface area contributed by atoms with Gasteiger partial charge in [0.15, 0.2) is 5.60 Å². The van der Waals surface area contributed by atoms with Crippen LogP contribution in [0.2, 0.25) is 0 Å². The van der Waals surface area contributed by atoms with Crippen molar-refractivity contribution in [3.63, 3.8) is 0 Å². The van der Waals surface area contributed by atoms with Crippen LogP contribution in [0, 0.1) is 0 Å². The lowest BCUT2D eigenvalue weighted by molar-refractivity contribution is -0.163. The van der Waals surface area contributed by atoms with E-state index in [1.165, 1.54) is 19.6 Å². The van der Waals surface area contributed by atoms with E-state index in [-0.39, 0.29) is 6.61 Å². The molecule has 1 atom stereocenters. The Hall–Kier alpha value is -1.55. The van der Waals surface area contributed by atoms with Crippen molar-refractivity contribution in [2.24, 2.45) is 0 Å². The van der Waals surface area contributed by atoms with Gasteiger partial charge in [0.2, 0.25) is 0 Å². The quantitative estimate of drug-likeness (QED) is 0.815. The van der Waals surface area contributed by atoms with Gasteiger partial charge in [-0.1, -0.05) is 26.0 Å². The average Bonchev–Trinajstić information content (AvgIpc) is 2.35. The summed E-state index contributed by atoms with van der Waals surface area (Å²) in [4.78, 5) is 11.2. The van der Waals surface area contributed by atoms with Gasteiger partial charge >= 0.3 is 5.97 Å². The van der Waals surface area contributed by atoms with E-state index in [0.717, 1.165) is 0 Å². The van der Waals surface area contributed by atoms with Crippen LogP contribution in [0.5, 0.6) is 5.75 Å². The molecule has 0 aliphatic heterocycles. The molecule has 0 spiro atoms. The van der Waals surface area contributed by atoms with E-state index in [0.29, 0.717) is 11.7 Å². The van der Waals surface area contributed by atoms with Crippen molar-refractivity contribution in [3.8, 4) is 5.75 Å². The van der Waals surface area contributed by atoms with Crippen molar-refractivity contribution in [3.05, 3.63) is 29.8 Å². The molecule has 0 saturated heterocycles. The van der Waals surface area contributed by atoms with Crippen LogP contribution in [0.1, 0.15) is 32.3 Å². The van der Waals surface area contributed by atoms with Crippen LogP contribution in [0.3, 0.4) is 0 Å². The van der Waals surface area contributed by atoms with E-state index in [2.05, 4.69) is 18.6 Å². The molecule has 0 aliphatic carbocycles. The summed E-state index contributed by atoms with van der Waals surface area (Å²) in [5.41, 5.74) is -0.423. The number of esters is 1. The van der Waals surface area contributed by atoms with Crippen molar-refractivity contribution < 1.29 is 19.4 Å². The highest BCUT2D eigenvalue weighted by Crippen LogP contribution is 2.19. The Morgan fingerprint density at radius 2 is 1.89 bits per heavy atom. The Bertz CT molecular complexity index is 393. The molecule has 0 heterocycles. The minimum Gasteiger partial charge on any atom is -0.490 e. The molecule has 4 heteroatoms. The van der Waals surface area contributed by atoms with Gasteiger partial charge in [-0.3, -0.25) is 0 Å². The number of hydrogen-bond acceptors (Lipinski definition) is 4. The van der Waals surface area contributed by atoms with Crippen LogP contribution in [-0.2, 0) is 9.53 Å². The largest absolute Gasteiger partial charge is 0.490 e. The highest BCUT2D eigenvalue weighted by Gasteiger charge is 2.32. The third-order valence-electron chi connectivity index (χ3n) is 2.69. The van der Waals surface area contributed by atoms with E-state index in [9.17, 15) is 9.90 Å². The molecule has 1 rings (SSSR count). The summed E-state index contributed by atoms with van der Waals surface area (Å²) in [6, 6.07) is 7.57. The second kappa shape index (κ2) is 5.87. The van der Waals surface area contributed by atoms with E-state index in [1.807, 2.05) is 24.3 Å². The molecule has 100 valence electrons. The SMILES string of the molecule is COC(=O)C(C)(O)COc1ccc(C(C)C)cc1. The number of methoxy groups -OCH3 is 1. The predicted molar refractivity (Wildman–Crippen MR) is 68.7 cm³/mol. The molecule has 18 heavy (non-hydrogen) atoms. The van der Waals surface area contributed by atoms with Crippen LogP contribution < -0.4 is 4.74 Å². The van der Waals surface area contributed by atoms with Crippen LogP contribution in [0.25, 0.3) is 0 Å². The minimum absolute atomic E-state index is 0.138. The van der Waals surface area contributed by atoms with Gasteiger partial charge in [-0.2, -0.15) is 0 Å². The standard InChI is InChI=1S/C14H20O4/c1-10(2)11-5-7-12(8-6-11)18-9-14(3,16)13(15)17-4/h5-8,10,16H,9H2,1-4H3. The summed E-state index contributed by atoms with van der Waals surface area (Å²) in [5, 5.41) is 9.79. The molecule has 0 saturated carbocycles. The van der Waals surface area contributed by atoms with Gasteiger partial charge in [-0.05, 0) is 30.5 Å². The number of aliphatic hydroxyl groups is 1. The molecule has 0 aliphatic rings. The lowest BCUT2D eigenvalue weighted by Crippen LogP contribution is -2.42. The van der Waals surface area contributed by atoms with E-state index >= 15 is 0 Å². The maximum atomic E-state index is 11.2. The van der Waals surface area contributed by atoms with E-state index < -0.39 is 11.6 Å². The lowest BCUT2D eigenvalue weighted by Gasteiger charge is -2.20. The number of ether oxygens (including phenoxy) is 2. The zero-order chi connectivity index (χ0) is 13.8. The number of benzene rings is 1. The minimum atomic E-state index is -1.63. The normalized spacial score (nSPS) is 14.1. The first-order valence-corrected chi connectivity index (χ1v) is 5.90. The summed E-state index contributed by atoms with van der Waals surface area (Å²) < 4.78 is 9.86. The Kier molecular flexibility index (Phi) is 4.73. The molecule has 0 amide bonds. The molecule has 0 bridgehead atoms. The Morgan fingerprint density at radius 3 is 2.33 bits per heavy atom. The molecule has 4 nitrogen and oxygen atoms in total. The molecule has 1 N–H and O–H groups in total. The van der Waals surface area contributed by atoms with Crippen LogP contribution in [-0.4, -0.2) is 30.4 Å². The first-order chi connectivity index (χ1) is 8.36. The topological polar surface area (TPSA) is 55.8 Å². The maximum Gasteiger partial charge on any atom is 0.341 e. The first kappa shape index (κ1) is 14.5. The van der Waals surface area contributed by atoms with Crippen molar-refractivity contribution in [1.82, 2.24) is 0 Å². The summed E-state index contributed by atoms with van der Waals surface area (Å²) in [6.45, 7) is 5.44. The number of hydrogen-bond donors (Lipinski definition) is 1. The summed E-state index contributed by atoms with van der Waals surface area (Å²) in [6.07, 6.45) is 0. The fourth-order valence-corrected chi connectivity index (χ4v) is 1.45. The van der Waals surface area contributed by atoms with E-state index in [4.69, 9.17) is 4.74 Å². The zero-order valence-electron chi connectivity index (χ0n) is 11.3. The Labute approximate surface area is 108 Å². The molecular formula is C14H20O4. The van der Waals surface area contributed by atoms with Crippen molar-refractivity contribution >= 4 is 5.97 Å². The summed E-state index contributed by atoms with van der Waals surface area (Å²) in [7, 11) is 1.23. The number of rotatable bonds is 5. The summed E-state index contributed by atoms with van der Waals surface area (Å²) >= 11 is 0. The third-order valence-corrected chi connectivity index (χ3v) is 2.69. The maximum absolute atomic E-state index is 11.2. The van der Waals surface area contributed by atoms with Gasteiger partial charge in [0.1, 0.15) is 12.4 Å². The lowest BCUT2D eigenvalue weighted by atomic mass is 10.0. The van der Waals surface area contributed by atoms with Crippen molar-refractivity contribution in [2.75, 3.05) is 13.7 Å². The highest BCUT2D eigenvalue weighted by molar-refractivity contribution is 5.78. The molecule has 1 unspecified atom stereocenters. The highest BCUT2D eigenvalue weighted by atomic mass is 16.6. The molecule has 0 radical (unpaired) electrons. The third kappa shape index (κ3) is 3.74.